The summed E-state index contributed by atoms with van der Waals surface area (Å²) in [5, 5.41) is 0. The van der Waals surface area contributed by atoms with E-state index in [0.29, 0.717) is 12.5 Å². The lowest BCUT2D eigenvalue weighted by Gasteiger charge is -1.92. The van der Waals surface area contributed by atoms with Crippen molar-refractivity contribution >= 4 is 12.0 Å². The molecule has 0 saturated carbocycles. The Hall–Kier alpha value is -1.42. The molecule has 0 bridgehead atoms. The Morgan fingerprint density at radius 3 is 3.00 bits per heavy atom. The highest BCUT2D eigenvalue weighted by molar-refractivity contribution is 5.45. The maximum Gasteiger partial charge on any atom is 0.220 e. The Labute approximate surface area is 71.3 Å². The highest BCUT2D eigenvalue weighted by Gasteiger charge is 1.88. The number of nitrogen functional groups attached to an aromatic ring is 1. The summed E-state index contributed by atoms with van der Waals surface area (Å²) in [5.41, 5.74) is 11.5. The average Bonchev–Trinajstić information content (AvgIpc) is 2.05. The largest absolute Gasteiger partial charge is 0.368 e. The topological polar surface area (TPSA) is 77.8 Å². The summed E-state index contributed by atoms with van der Waals surface area (Å²) >= 11 is 0. The molecule has 0 unspecified atom stereocenters. The Morgan fingerprint density at radius 1 is 1.50 bits per heavy atom. The molecule has 1 heterocycles. The fourth-order valence-electron chi connectivity index (χ4n) is 0.782. The van der Waals surface area contributed by atoms with E-state index in [9.17, 15) is 0 Å². The van der Waals surface area contributed by atoms with Crippen molar-refractivity contribution in [2.24, 2.45) is 5.73 Å². The van der Waals surface area contributed by atoms with Crippen LogP contribution in [-0.4, -0.2) is 16.5 Å². The van der Waals surface area contributed by atoms with E-state index in [2.05, 4.69) is 9.97 Å². The van der Waals surface area contributed by atoms with Gasteiger partial charge in [-0.1, -0.05) is 6.08 Å². The second kappa shape index (κ2) is 4.46. The van der Waals surface area contributed by atoms with E-state index < -0.39 is 0 Å². The summed E-state index contributed by atoms with van der Waals surface area (Å²) in [6.07, 6.45) is 6.32. The maximum absolute atomic E-state index is 5.38. The van der Waals surface area contributed by atoms with E-state index in [-0.39, 0.29) is 0 Å². The van der Waals surface area contributed by atoms with Gasteiger partial charge in [-0.25, -0.2) is 9.97 Å². The van der Waals surface area contributed by atoms with Crippen LogP contribution < -0.4 is 11.5 Å². The third-order valence-corrected chi connectivity index (χ3v) is 1.32. The molecular formula is C8H12N4. The van der Waals surface area contributed by atoms with Crippen LogP contribution in [0.15, 0.2) is 18.3 Å². The third kappa shape index (κ3) is 2.67. The molecule has 0 radical (unpaired) electrons. The zero-order valence-electron chi connectivity index (χ0n) is 6.77. The van der Waals surface area contributed by atoms with Crippen molar-refractivity contribution in [3.8, 4) is 0 Å². The fourth-order valence-corrected chi connectivity index (χ4v) is 0.782. The van der Waals surface area contributed by atoms with Crippen LogP contribution in [0.2, 0.25) is 0 Å². The number of aromatic nitrogens is 2. The van der Waals surface area contributed by atoms with Crippen LogP contribution >= 0.6 is 0 Å². The minimum Gasteiger partial charge on any atom is -0.368 e. The molecule has 1 aromatic rings. The molecule has 0 fully saturated rings. The number of rotatable bonds is 3. The van der Waals surface area contributed by atoms with Gasteiger partial charge < -0.3 is 11.5 Å². The van der Waals surface area contributed by atoms with Gasteiger partial charge in [0, 0.05) is 6.20 Å². The first-order valence-electron chi connectivity index (χ1n) is 3.78. The van der Waals surface area contributed by atoms with E-state index in [1.54, 1.807) is 12.3 Å². The molecule has 64 valence electrons. The van der Waals surface area contributed by atoms with E-state index in [1.807, 2.05) is 12.2 Å². The van der Waals surface area contributed by atoms with Crippen LogP contribution in [0.5, 0.6) is 0 Å². The molecule has 0 spiro atoms. The first-order valence-corrected chi connectivity index (χ1v) is 3.78. The van der Waals surface area contributed by atoms with E-state index in [1.165, 1.54) is 0 Å². The van der Waals surface area contributed by atoms with Crippen LogP contribution in [0.4, 0.5) is 5.95 Å². The average molecular weight is 164 g/mol. The van der Waals surface area contributed by atoms with E-state index >= 15 is 0 Å². The Kier molecular flexibility index (Phi) is 3.22. The zero-order valence-corrected chi connectivity index (χ0v) is 6.77. The van der Waals surface area contributed by atoms with Crippen molar-refractivity contribution in [2.45, 2.75) is 6.42 Å². The molecule has 4 nitrogen and oxygen atoms in total. The summed E-state index contributed by atoms with van der Waals surface area (Å²) in [7, 11) is 0. The minimum atomic E-state index is 0.296. The summed E-state index contributed by atoms with van der Waals surface area (Å²) in [6, 6.07) is 1.80. The minimum absolute atomic E-state index is 0.296. The molecule has 0 amide bonds. The number of nitrogens with two attached hydrogens (primary N) is 2. The van der Waals surface area contributed by atoms with Crippen molar-refractivity contribution in [1.82, 2.24) is 9.97 Å². The van der Waals surface area contributed by atoms with Crippen molar-refractivity contribution in [3.63, 3.8) is 0 Å². The first kappa shape index (κ1) is 8.67. The highest BCUT2D eigenvalue weighted by Crippen LogP contribution is 1.99. The van der Waals surface area contributed by atoms with Crippen LogP contribution in [-0.2, 0) is 0 Å². The monoisotopic (exact) mass is 164 g/mol. The standard InChI is InChI=1S/C8H12N4/c9-5-2-1-3-7-4-6-11-8(10)12-7/h1,3-4,6H,2,5,9H2,(H2,10,11,12). The number of hydrogen-bond acceptors (Lipinski definition) is 4. The lowest BCUT2D eigenvalue weighted by atomic mass is 10.3. The molecule has 4 N–H and O–H groups in total. The second-order valence-electron chi connectivity index (χ2n) is 2.32. The predicted octanol–water partition coefficient (Wildman–Crippen LogP) is 0.421. The molecule has 0 atom stereocenters. The van der Waals surface area contributed by atoms with Crippen molar-refractivity contribution in [3.05, 3.63) is 24.0 Å². The van der Waals surface area contributed by atoms with Crippen molar-refractivity contribution < 1.29 is 0 Å². The summed E-state index contributed by atoms with van der Waals surface area (Å²) in [6.45, 7) is 0.650. The summed E-state index contributed by atoms with van der Waals surface area (Å²) in [4.78, 5) is 7.76. The van der Waals surface area contributed by atoms with Crippen LogP contribution in [0.25, 0.3) is 6.08 Å². The van der Waals surface area contributed by atoms with Gasteiger partial charge in [-0.3, -0.25) is 0 Å². The van der Waals surface area contributed by atoms with Crippen LogP contribution in [0.1, 0.15) is 12.1 Å². The molecule has 1 rings (SSSR count). The smallest absolute Gasteiger partial charge is 0.220 e. The fraction of sp³-hybridized carbons (Fsp3) is 0.250. The normalized spacial score (nSPS) is 10.8. The number of hydrogen-bond donors (Lipinski definition) is 2. The second-order valence-corrected chi connectivity index (χ2v) is 2.32. The van der Waals surface area contributed by atoms with Gasteiger partial charge in [0.15, 0.2) is 0 Å². The molecule has 0 aliphatic rings. The molecule has 12 heavy (non-hydrogen) atoms. The van der Waals surface area contributed by atoms with Gasteiger partial charge in [-0.05, 0) is 25.1 Å². The van der Waals surface area contributed by atoms with Gasteiger partial charge in [-0.15, -0.1) is 0 Å². The molecule has 0 aliphatic carbocycles. The summed E-state index contributed by atoms with van der Waals surface area (Å²) in [5.74, 6) is 0.296. The Morgan fingerprint density at radius 2 is 2.33 bits per heavy atom. The van der Waals surface area contributed by atoms with Gasteiger partial charge in [-0.2, -0.15) is 0 Å². The lowest BCUT2D eigenvalue weighted by molar-refractivity contribution is 1.01. The highest BCUT2D eigenvalue weighted by atomic mass is 15.0. The van der Waals surface area contributed by atoms with Crippen molar-refractivity contribution in [1.29, 1.82) is 0 Å². The third-order valence-electron chi connectivity index (χ3n) is 1.32. The zero-order chi connectivity index (χ0) is 8.81. The molecule has 4 heteroatoms. The predicted molar refractivity (Wildman–Crippen MR) is 49.1 cm³/mol. The van der Waals surface area contributed by atoms with Gasteiger partial charge in [0.2, 0.25) is 5.95 Å². The van der Waals surface area contributed by atoms with Gasteiger partial charge in [0.1, 0.15) is 0 Å². The molecule has 0 saturated heterocycles. The molecule has 0 aliphatic heterocycles. The molecular weight excluding hydrogens is 152 g/mol. The Bertz CT molecular complexity index is 270. The van der Waals surface area contributed by atoms with E-state index in [0.717, 1.165) is 12.1 Å². The van der Waals surface area contributed by atoms with E-state index in [4.69, 9.17) is 11.5 Å². The SMILES string of the molecule is NCCC=Cc1ccnc(N)n1. The number of anilines is 1. The molecule has 1 aromatic heterocycles. The van der Waals surface area contributed by atoms with Gasteiger partial charge in [0.25, 0.3) is 0 Å². The number of nitrogens with zero attached hydrogens (tertiary/aromatic N) is 2. The van der Waals surface area contributed by atoms with Gasteiger partial charge >= 0.3 is 0 Å². The van der Waals surface area contributed by atoms with Gasteiger partial charge in [0.05, 0.1) is 5.69 Å². The Balaban J connectivity index is 2.63. The molecule has 0 aromatic carbocycles. The van der Waals surface area contributed by atoms with Crippen molar-refractivity contribution in [2.75, 3.05) is 12.3 Å². The first-order chi connectivity index (χ1) is 5.83. The maximum atomic E-state index is 5.38. The quantitative estimate of drug-likeness (QED) is 0.678. The lowest BCUT2D eigenvalue weighted by Crippen LogP contribution is -1.96. The van der Waals surface area contributed by atoms with Crippen LogP contribution in [0, 0.1) is 0 Å². The van der Waals surface area contributed by atoms with Crippen LogP contribution in [0.3, 0.4) is 0 Å². The summed E-state index contributed by atoms with van der Waals surface area (Å²) < 4.78 is 0.